The van der Waals surface area contributed by atoms with Crippen molar-refractivity contribution in [3.63, 3.8) is 0 Å². The van der Waals surface area contributed by atoms with Crippen LogP contribution in [0.2, 0.25) is 0 Å². The van der Waals surface area contributed by atoms with E-state index in [1.807, 2.05) is 24.3 Å². The van der Waals surface area contributed by atoms with Crippen molar-refractivity contribution in [2.45, 2.75) is 31.2 Å². The van der Waals surface area contributed by atoms with Gasteiger partial charge >= 0.3 is 0 Å². The molecule has 0 radical (unpaired) electrons. The van der Waals surface area contributed by atoms with Crippen molar-refractivity contribution >= 4 is 15.9 Å². The summed E-state index contributed by atoms with van der Waals surface area (Å²) in [5.41, 5.74) is 6.17. The van der Waals surface area contributed by atoms with E-state index < -0.39 is 0 Å². The van der Waals surface area contributed by atoms with E-state index in [4.69, 9.17) is 10.5 Å². The van der Waals surface area contributed by atoms with E-state index in [1.54, 1.807) is 0 Å². The third-order valence-electron chi connectivity index (χ3n) is 3.03. The maximum atomic E-state index is 6.10. The highest BCUT2D eigenvalue weighted by Crippen LogP contribution is 2.32. The molecular formula is C12H16BrNO. The average molecular weight is 270 g/mol. The minimum absolute atomic E-state index is 0.0648. The Balaban J connectivity index is 1.76. The molecule has 82 valence electrons. The minimum atomic E-state index is 0.0648. The number of rotatable bonds is 4. The first-order chi connectivity index (χ1) is 7.18. The highest BCUT2D eigenvalue weighted by Gasteiger charge is 2.31. The summed E-state index contributed by atoms with van der Waals surface area (Å²) < 4.78 is 6.71. The fraction of sp³-hybridized carbons (Fsp3) is 0.500. The molecule has 0 spiro atoms. The second-order valence-electron chi connectivity index (χ2n) is 4.27. The van der Waals surface area contributed by atoms with Gasteiger partial charge in [0.15, 0.2) is 0 Å². The Kier molecular flexibility index (Phi) is 3.32. The van der Waals surface area contributed by atoms with Gasteiger partial charge in [-0.2, -0.15) is 0 Å². The number of hydrogen-bond donors (Lipinski definition) is 1. The molecule has 0 bridgehead atoms. The molecule has 1 aromatic rings. The quantitative estimate of drug-likeness (QED) is 0.912. The number of ether oxygens (including phenoxy) is 1. The van der Waals surface area contributed by atoms with Crippen LogP contribution in [0.25, 0.3) is 0 Å². The lowest BCUT2D eigenvalue weighted by Gasteiger charge is -2.37. The molecule has 2 rings (SSSR count). The largest absolute Gasteiger partial charge is 0.494 e. The van der Waals surface area contributed by atoms with E-state index >= 15 is 0 Å². The fourth-order valence-corrected chi connectivity index (χ4v) is 2.05. The summed E-state index contributed by atoms with van der Waals surface area (Å²) in [5.74, 6) is 0.918. The molecule has 0 aliphatic heterocycles. The van der Waals surface area contributed by atoms with Crippen LogP contribution in [0.1, 0.15) is 25.7 Å². The van der Waals surface area contributed by atoms with Crippen LogP contribution >= 0.6 is 15.9 Å². The predicted octanol–water partition coefficient (Wildman–Crippen LogP) is 3.10. The lowest BCUT2D eigenvalue weighted by Crippen LogP contribution is -2.47. The topological polar surface area (TPSA) is 35.2 Å². The lowest BCUT2D eigenvalue weighted by molar-refractivity contribution is 0.183. The summed E-state index contributed by atoms with van der Waals surface area (Å²) >= 11 is 3.39. The van der Waals surface area contributed by atoms with Crippen LogP contribution in [0.3, 0.4) is 0 Å². The molecule has 0 unspecified atom stereocenters. The van der Waals surface area contributed by atoms with E-state index in [0.717, 1.165) is 36.1 Å². The zero-order valence-electron chi connectivity index (χ0n) is 8.71. The van der Waals surface area contributed by atoms with Crippen LogP contribution in [0, 0.1) is 0 Å². The van der Waals surface area contributed by atoms with Crippen LogP contribution in [0.4, 0.5) is 0 Å². The molecule has 0 amide bonds. The highest BCUT2D eigenvalue weighted by molar-refractivity contribution is 9.10. The van der Waals surface area contributed by atoms with Gasteiger partial charge in [0.05, 0.1) is 6.61 Å². The maximum absolute atomic E-state index is 6.10. The first kappa shape index (κ1) is 11.0. The van der Waals surface area contributed by atoms with Crippen LogP contribution in [-0.4, -0.2) is 12.1 Å². The van der Waals surface area contributed by atoms with Gasteiger partial charge in [-0.1, -0.05) is 15.9 Å². The van der Waals surface area contributed by atoms with Gasteiger partial charge in [-0.15, -0.1) is 0 Å². The standard InChI is InChI=1S/C12H16BrNO/c13-10-2-4-11(5-3-10)15-9-8-12(14)6-1-7-12/h2-5H,1,6-9,14H2. The number of nitrogens with two attached hydrogens (primary N) is 1. The number of hydrogen-bond acceptors (Lipinski definition) is 2. The van der Waals surface area contributed by atoms with Gasteiger partial charge < -0.3 is 10.5 Å². The SMILES string of the molecule is NC1(CCOc2ccc(Br)cc2)CCC1. The molecular weight excluding hydrogens is 254 g/mol. The summed E-state index contributed by atoms with van der Waals surface area (Å²) in [5, 5.41) is 0. The zero-order chi connectivity index (χ0) is 10.7. The Bertz CT molecular complexity index is 319. The van der Waals surface area contributed by atoms with Gasteiger partial charge in [-0.3, -0.25) is 0 Å². The van der Waals surface area contributed by atoms with Gasteiger partial charge in [0.25, 0.3) is 0 Å². The third kappa shape index (κ3) is 2.95. The molecule has 0 saturated heterocycles. The van der Waals surface area contributed by atoms with Crippen molar-refractivity contribution in [3.05, 3.63) is 28.7 Å². The molecule has 0 atom stereocenters. The first-order valence-corrected chi connectivity index (χ1v) is 6.15. The Morgan fingerprint density at radius 1 is 1.27 bits per heavy atom. The molecule has 1 aromatic carbocycles. The summed E-state index contributed by atoms with van der Waals surface area (Å²) in [4.78, 5) is 0. The fourth-order valence-electron chi connectivity index (χ4n) is 1.78. The van der Waals surface area contributed by atoms with Gasteiger partial charge in [-0.05, 0) is 49.9 Å². The van der Waals surface area contributed by atoms with Crippen molar-refractivity contribution in [1.82, 2.24) is 0 Å². The van der Waals surface area contributed by atoms with Gasteiger partial charge in [0, 0.05) is 10.0 Å². The first-order valence-electron chi connectivity index (χ1n) is 5.35. The van der Waals surface area contributed by atoms with Crippen LogP contribution in [0.5, 0.6) is 5.75 Å². The van der Waals surface area contributed by atoms with Crippen molar-refractivity contribution < 1.29 is 4.74 Å². The number of halogens is 1. The summed E-state index contributed by atoms with van der Waals surface area (Å²) in [7, 11) is 0. The van der Waals surface area contributed by atoms with Crippen molar-refractivity contribution in [3.8, 4) is 5.75 Å². The van der Waals surface area contributed by atoms with Crippen LogP contribution in [-0.2, 0) is 0 Å². The van der Waals surface area contributed by atoms with E-state index in [0.29, 0.717) is 0 Å². The minimum Gasteiger partial charge on any atom is -0.494 e. The molecule has 0 heterocycles. The molecule has 1 fully saturated rings. The van der Waals surface area contributed by atoms with E-state index in [9.17, 15) is 0 Å². The summed E-state index contributed by atoms with van der Waals surface area (Å²) in [6.45, 7) is 0.720. The second kappa shape index (κ2) is 4.54. The third-order valence-corrected chi connectivity index (χ3v) is 3.56. The highest BCUT2D eigenvalue weighted by atomic mass is 79.9. The molecule has 0 aromatic heterocycles. The Morgan fingerprint density at radius 3 is 2.47 bits per heavy atom. The van der Waals surface area contributed by atoms with E-state index in [-0.39, 0.29) is 5.54 Å². The average Bonchev–Trinajstić information content (AvgIpc) is 2.19. The van der Waals surface area contributed by atoms with Crippen LogP contribution in [0.15, 0.2) is 28.7 Å². The van der Waals surface area contributed by atoms with Crippen molar-refractivity contribution in [2.75, 3.05) is 6.61 Å². The molecule has 3 heteroatoms. The Labute approximate surface area is 98.9 Å². The van der Waals surface area contributed by atoms with Gasteiger partial charge in [0.2, 0.25) is 0 Å². The molecule has 2 nitrogen and oxygen atoms in total. The van der Waals surface area contributed by atoms with Crippen LogP contribution < -0.4 is 10.5 Å². The lowest BCUT2D eigenvalue weighted by atomic mass is 9.76. The summed E-state index contributed by atoms with van der Waals surface area (Å²) in [6, 6.07) is 7.90. The predicted molar refractivity (Wildman–Crippen MR) is 65.0 cm³/mol. The molecule has 2 N–H and O–H groups in total. The zero-order valence-corrected chi connectivity index (χ0v) is 10.3. The van der Waals surface area contributed by atoms with E-state index in [1.165, 1.54) is 6.42 Å². The maximum Gasteiger partial charge on any atom is 0.119 e. The molecule has 1 saturated carbocycles. The Morgan fingerprint density at radius 2 is 1.93 bits per heavy atom. The molecule has 1 aliphatic carbocycles. The Hall–Kier alpha value is -0.540. The van der Waals surface area contributed by atoms with E-state index in [2.05, 4.69) is 15.9 Å². The number of benzene rings is 1. The van der Waals surface area contributed by atoms with Crippen molar-refractivity contribution in [2.24, 2.45) is 5.73 Å². The van der Waals surface area contributed by atoms with Crippen molar-refractivity contribution in [1.29, 1.82) is 0 Å². The van der Waals surface area contributed by atoms with Gasteiger partial charge in [-0.25, -0.2) is 0 Å². The van der Waals surface area contributed by atoms with Gasteiger partial charge in [0.1, 0.15) is 5.75 Å². The second-order valence-corrected chi connectivity index (χ2v) is 5.18. The molecule has 15 heavy (non-hydrogen) atoms. The normalized spacial score (nSPS) is 18.3. The summed E-state index contributed by atoms with van der Waals surface area (Å²) in [6.07, 6.45) is 4.53. The smallest absolute Gasteiger partial charge is 0.119 e. The monoisotopic (exact) mass is 269 g/mol. The molecule has 1 aliphatic rings.